The number of carboxylic acids is 1. The monoisotopic (exact) mass is 908 g/mol. The Hall–Kier alpha value is -5.71. The van der Waals surface area contributed by atoms with E-state index in [1.165, 1.54) is 0 Å². The number of alkyl carbamates (subject to hydrolysis) is 1. The first-order valence-electron chi connectivity index (χ1n) is 21.6. The van der Waals surface area contributed by atoms with Crippen molar-refractivity contribution in [2.24, 2.45) is 26.8 Å². The van der Waals surface area contributed by atoms with Gasteiger partial charge in [0.15, 0.2) is 24.6 Å². The molecule has 2 aromatic rings. The summed E-state index contributed by atoms with van der Waals surface area (Å²) in [6, 6.07) is 14.0. The quantitative estimate of drug-likeness (QED) is 0.0540. The third kappa shape index (κ3) is 13.9. The predicted molar refractivity (Wildman–Crippen MR) is 235 cm³/mol. The molecule has 0 radical (unpaired) electrons. The van der Waals surface area contributed by atoms with Crippen LogP contribution in [-0.2, 0) is 57.1 Å². The first kappa shape index (κ1) is 51.9. The number of azide groups is 1. The third-order valence-corrected chi connectivity index (χ3v) is 10.5. The molecule has 4 rings (SSSR count). The van der Waals surface area contributed by atoms with Crippen LogP contribution in [0.15, 0.2) is 53.6 Å². The number of ether oxygens (including phenoxy) is 7. The lowest BCUT2D eigenvalue weighted by molar-refractivity contribution is -0.320. The van der Waals surface area contributed by atoms with Crippen molar-refractivity contribution in [1.82, 2.24) is 5.32 Å². The van der Waals surface area contributed by atoms with E-state index in [-0.39, 0.29) is 25.4 Å². The molecule has 0 aromatic heterocycles. The molecule has 65 heavy (non-hydrogen) atoms. The summed E-state index contributed by atoms with van der Waals surface area (Å²) >= 11 is 0. The molecule has 18 nitrogen and oxygen atoms in total. The highest BCUT2D eigenvalue weighted by molar-refractivity contribution is 5.81. The van der Waals surface area contributed by atoms with E-state index < -0.39 is 114 Å². The maximum Gasteiger partial charge on any atom is 0.407 e. The molecule has 1 amide bonds. The van der Waals surface area contributed by atoms with Crippen molar-refractivity contribution in [2.45, 2.75) is 145 Å². The van der Waals surface area contributed by atoms with Gasteiger partial charge in [-0.25, -0.2) is 9.59 Å². The number of nitrogens with zero attached hydrogens (tertiary/aromatic N) is 3. The largest absolute Gasteiger partial charge is 0.480 e. The van der Waals surface area contributed by atoms with Gasteiger partial charge in [-0.3, -0.25) is 19.2 Å². The van der Waals surface area contributed by atoms with Gasteiger partial charge in [0.25, 0.3) is 0 Å². The van der Waals surface area contributed by atoms with E-state index in [9.17, 15) is 39.4 Å². The van der Waals surface area contributed by atoms with Crippen LogP contribution in [0.1, 0.15) is 113 Å². The zero-order chi connectivity index (χ0) is 48.7. The van der Waals surface area contributed by atoms with Crippen LogP contribution in [-0.4, -0.2) is 104 Å². The summed E-state index contributed by atoms with van der Waals surface area (Å²) in [7, 11) is 0. The fraction of sp³-hybridized carbons (Fsp3) is 0.617. The standard InChI is InChI=1S/C47H64N4O14/c1-44(2,3)39(54)59-25-33-34(63-40(55)45(4,5)6)35(64-41(56)46(7,8)9)36(65-42(57)47(10,11)12)38(62-33)61-26(23-49-51-48)21-22-32(37(52)53)50-43(58)60-24-31-29-19-15-13-17-27(29)28-18-14-16-20-30(28)31/h13-20,26,31-36,38H,21-25H2,1-12H3,(H,50,58)(H,52,53)/t26-,32-,33+,34-,35-,36+,38+/m0/s1. The molecule has 2 N–H and O–H groups in total. The molecule has 0 spiro atoms. The van der Waals surface area contributed by atoms with Gasteiger partial charge in [-0.15, -0.1) is 0 Å². The van der Waals surface area contributed by atoms with Gasteiger partial charge in [-0.05, 0) is 124 Å². The molecule has 2 aliphatic rings. The number of carbonyl (C=O) groups is 6. The number of carboxylic acid groups (broad SMARTS) is 1. The molecule has 7 atom stereocenters. The van der Waals surface area contributed by atoms with Crippen LogP contribution >= 0.6 is 0 Å². The number of carbonyl (C=O) groups excluding carboxylic acids is 5. The molecule has 1 heterocycles. The lowest BCUT2D eigenvalue weighted by Crippen LogP contribution is -2.64. The van der Waals surface area contributed by atoms with Crippen LogP contribution in [0.2, 0.25) is 0 Å². The van der Waals surface area contributed by atoms with Gasteiger partial charge in [-0.1, -0.05) is 53.6 Å². The molecule has 1 aliphatic carbocycles. The van der Waals surface area contributed by atoms with Crippen LogP contribution in [0.25, 0.3) is 21.6 Å². The molecule has 1 fully saturated rings. The van der Waals surface area contributed by atoms with Crippen LogP contribution in [0.5, 0.6) is 0 Å². The number of rotatable bonds is 16. The van der Waals surface area contributed by atoms with Crippen molar-refractivity contribution >= 4 is 35.9 Å². The number of hydrogen-bond donors (Lipinski definition) is 2. The van der Waals surface area contributed by atoms with Gasteiger partial charge >= 0.3 is 35.9 Å². The van der Waals surface area contributed by atoms with Crippen molar-refractivity contribution in [2.75, 3.05) is 19.8 Å². The minimum atomic E-state index is -1.70. The second kappa shape index (κ2) is 21.1. The van der Waals surface area contributed by atoms with Gasteiger partial charge < -0.3 is 43.6 Å². The average molecular weight is 909 g/mol. The molecule has 1 saturated heterocycles. The molecule has 1 aliphatic heterocycles. The number of benzene rings is 2. The zero-order valence-electron chi connectivity index (χ0n) is 39.4. The molecule has 0 unspecified atom stereocenters. The Bertz CT molecular complexity index is 2060. The van der Waals surface area contributed by atoms with Gasteiger partial charge in [0.2, 0.25) is 0 Å². The maximum absolute atomic E-state index is 13.7. The van der Waals surface area contributed by atoms with Gasteiger partial charge in [0.05, 0.1) is 34.3 Å². The second-order valence-electron chi connectivity index (χ2n) is 20.4. The zero-order valence-corrected chi connectivity index (χ0v) is 39.4. The van der Waals surface area contributed by atoms with E-state index in [0.717, 1.165) is 22.3 Å². The van der Waals surface area contributed by atoms with Gasteiger partial charge in [0.1, 0.15) is 25.4 Å². The summed E-state index contributed by atoms with van der Waals surface area (Å²) in [6.07, 6.45) is -10.6. The van der Waals surface area contributed by atoms with Crippen molar-refractivity contribution in [3.05, 3.63) is 70.1 Å². The minimum Gasteiger partial charge on any atom is -0.480 e. The van der Waals surface area contributed by atoms with Crippen molar-refractivity contribution < 1.29 is 67.0 Å². The predicted octanol–water partition coefficient (Wildman–Crippen LogP) is 7.64. The Kier molecular flexibility index (Phi) is 16.8. The number of hydrogen-bond acceptors (Lipinski definition) is 14. The molecular formula is C47H64N4O14. The number of esters is 4. The van der Waals surface area contributed by atoms with Crippen LogP contribution in [0.3, 0.4) is 0 Å². The lowest BCUT2D eigenvalue weighted by atomic mass is 9.93. The number of aliphatic carboxylic acids is 1. The van der Waals surface area contributed by atoms with E-state index in [4.69, 9.17) is 33.2 Å². The number of fused-ring (bicyclic) bond motifs is 3. The molecule has 18 heteroatoms. The Morgan fingerprint density at radius 1 is 0.677 bits per heavy atom. The Labute approximate surface area is 379 Å². The Morgan fingerprint density at radius 3 is 1.63 bits per heavy atom. The Morgan fingerprint density at radius 2 is 1.15 bits per heavy atom. The fourth-order valence-electron chi connectivity index (χ4n) is 6.71. The van der Waals surface area contributed by atoms with E-state index in [1.54, 1.807) is 83.1 Å². The Balaban J connectivity index is 1.66. The fourth-order valence-corrected chi connectivity index (χ4v) is 6.71. The van der Waals surface area contributed by atoms with Crippen molar-refractivity contribution in [3.8, 4) is 11.1 Å². The topological polar surface area (TPSA) is 248 Å². The highest BCUT2D eigenvalue weighted by atomic mass is 16.7. The summed E-state index contributed by atoms with van der Waals surface area (Å²) in [5.74, 6) is -4.65. The maximum atomic E-state index is 13.7. The van der Waals surface area contributed by atoms with Crippen LogP contribution in [0.4, 0.5) is 4.79 Å². The van der Waals surface area contributed by atoms with Gasteiger partial charge in [-0.2, -0.15) is 0 Å². The van der Waals surface area contributed by atoms with Crippen molar-refractivity contribution in [1.29, 1.82) is 0 Å². The first-order chi connectivity index (χ1) is 30.1. The summed E-state index contributed by atoms with van der Waals surface area (Å²) in [5, 5.41) is 16.3. The first-order valence-corrected chi connectivity index (χ1v) is 21.6. The third-order valence-electron chi connectivity index (χ3n) is 10.5. The van der Waals surface area contributed by atoms with E-state index in [1.807, 2.05) is 48.5 Å². The van der Waals surface area contributed by atoms with E-state index in [0.29, 0.717) is 0 Å². The van der Waals surface area contributed by atoms with Crippen LogP contribution in [0, 0.1) is 21.7 Å². The van der Waals surface area contributed by atoms with Crippen molar-refractivity contribution in [3.63, 3.8) is 0 Å². The normalized spacial score (nSPS) is 20.7. The van der Waals surface area contributed by atoms with Crippen LogP contribution < -0.4 is 5.32 Å². The highest BCUT2D eigenvalue weighted by Gasteiger charge is 2.55. The molecule has 2 aromatic carbocycles. The smallest absolute Gasteiger partial charge is 0.407 e. The minimum absolute atomic E-state index is 0.0677. The summed E-state index contributed by atoms with van der Waals surface area (Å²) < 4.78 is 42.1. The SMILES string of the molecule is CC(C)(C)C(=O)OC[C@H]1O[C@@H](O[C@@H](CC[C@H](NC(=O)OCC2c3ccccc3-c3ccccc32)C(=O)O)CN=[N+]=[N-])[C@H](OC(=O)C(C)(C)C)[C@@H](OC(=O)C(C)(C)C)[C@H]1OC(=O)C(C)(C)C. The molecule has 0 saturated carbocycles. The highest BCUT2D eigenvalue weighted by Crippen LogP contribution is 2.44. The second-order valence-corrected chi connectivity index (χ2v) is 20.4. The summed E-state index contributed by atoms with van der Waals surface area (Å²) in [5.41, 5.74) is 8.98. The number of nitrogens with one attached hydrogen (secondary N) is 1. The van der Waals surface area contributed by atoms with E-state index in [2.05, 4.69) is 15.3 Å². The number of amides is 1. The average Bonchev–Trinajstić information content (AvgIpc) is 3.53. The summed E-state index contributed by atoms with van der Waals surface area (Å²) in [4.78, 5) is 82.6. The molecule has 356 valence electrons. The summed E-state index contributed by atoms with van der Waals surface area (Å²) in [6.45, 7) is 18.1. The lowest BCUT2D eigenvalue weighted by Gasteiger charge is -2.46. The van der Waals surface area contributed by atoms with Gasteiger partial charge in [0, 0.05) is 10.8 Å². The van der Waals surface area contributed by atoms with E-state index >= 15 is 0 Å². The molecular weight excluding hydrogens is 845 g/mol. The molecule has 0 bridgehead atoms.